The van der Waals surface area contributed by atoms with Gasteiger partial charge in [-0.3, -0.25) is 4.90 Å². The third-order valence-corrected chi connectivity index (χ3v) is 6.29. The molecule has 3 aromatic rings. The number of nitrogens with one attached hydrogen (secondary N) is 1. The summed E-state index contributed by atoms with van der Waals surface area (Å²) in [6, 6.07) is 15.7. The molecule has 1 fully saturated rings. The molecular weight excluding hydrogens is 450 g/mol. The molecule has 2 heterocycles. The highest BCUT2D eigenvalue weighted by molar-refractivity contribution is 7.80. The molecule has 0 amide bonds. The summed E-state index contributed by atoms with van der Waals surface area (Å²) in [5, 5.41) is 8.36. The van der Waals surface area contributed by atoms with Crippen LogP contribution in [0.25, 0.3) is 11.5 Å². The molecule has 0 saturated carbocycles. The van der Waals surface area contributed by atoms with E-state index in [1.807, 2.05) is 48.5 Å². The van der Waals surface area contributed by atoms with Crippen molar-refractivity contribution in [1.82, 2.24) is 25.3 Å². The molecule has 0 aliphatic carbocycles. The molecule has 0 atom stereocenters. The predicted octanol–water partition coefficient (Wildman–Crippen LogP) is 3.38. The molecule has 1 aliphatic heterocycles. The second-order valence-corrected chi connectivity index (χ2v) is 8.54. The number of ether oxygens (including phenoxy) is 2. The minimum Gasteiger partial charge on any atom is -0.497 e. The lowest BCUT2D eigenvalue weighted by Crippen LogP contribution is -2.42. The van der Waals surface area contributed by atoms with Crippen molar-refractivity contribution in [2.75, 3.05) is 46.9 Å². The monoisotopic (exact) mass is 481 g/mol. The summed E-state index contributed by atoms with van der Waals surface area (Å²) in [6.07, 6.45) is 1.82. The van der Waals surface area contributed by atoms with E-state index in [1.54, 1.807) is 14.2 Å². The van der Waals surface area contributed by atoms with Gasteiger partial charge in [0.15, 0.2) is 10.9 Å². The summed E-state index contributed by atoms with van der Waals surface area (Å²) >= 11 is 5.69. The van der Waals surface area contributed by atoms with Gasteiger partial charge in [-0.1, -0.05) is 23.4 Å². The maximum absolute atomic E-state index is 5.69. The molecule has 0 unspecified atom stereocenters. The van der Waals surface area contributed by atoms with Crippen molar-refractivity contribution in [2.45, 2.75) is 19.4 Å². The number of thiocarbonyl (C=S) groups is 1. The molecule has 34 heavy (non-hydrogen) atoms. The van der Waals surface area contributed by atoms with E-state index in [2.05, 4.69) is 25.3 Å². The number of aromatic nitrogens is 2. The topological polar surface area (TPSA) is 75.9 Å². The fraction of sp³-hybridized carbons (Fsp3) is 0.400. The van der Waals surface area contributed by atoms with Gasteiger partial charge in [-0.15, -0.1) is 0 Å². The standard InChI is InChI=1S/C25H31N5O3S/c1-31-21-9-10-22(32-2)20(17-21)11-12-26-25(34)30-14-6-13-29(15-16-30)18-23-27-24(33-28-23)19-7-4-3-5-8-19/h3-5,7-10,17H,6,11-16,18H2,1-2H3,(H,26,34). The summed E-state index contributed by atoms with van der Waals surface area (Å²) in [5.41, 5.74) is 2.03. The Balaban J connectivity index is 1.25. The van der Waals surface area contributed by atoms with E-state index in [0.29, 0.717) is 18.3 Å². The Morgan fingerprint density at radius 2 is 1.91 bits per heavy atom. The molecule has 0 radical (unpaired) electrons. The lowest BCUT2D eigenvalue weighted by atomic mass is 10.1. The van der Waals surface area contributed by atoms with Crippen molar-refractivity contribution in [1.29, 1.82) is 0 Å². The zero-order valence-corrected chi connectivity index (χ0v) is 20.5. The van der Waals surface area contributed by atoms with Gasteiger partial charge in [-0.25, -0.2) is 0 Å². The van der Waals surface area contributed by atoms with Gasteiger partial charge >= 0.3 is 0 Å². The highest BCUT2D eigenvalue weighted by Crippen LogP contribution is 2.24. The number of nitrogens with zero attached hydrogens (tertiary/aromatic N) is 4. The summed E-state index contributed by atoms with van der Waals surface area (Å²) in [6.45, 7) is 5.04. The van der Waals surface area contributed by atoms with Gasteiger partial charge in [0.25, 0.3) is 5.89 Å². The fourth-order valence-electron chi connectivity index (χ4n) is 4.04. The summed E-state index contributed by atoms with van der Waals surface area (Å²) < 4.78 is 16.3. The average molecular weight is 482 g/mol. The minimum atomic E-state index is 0.560. The lowest BCUT2D eigenvalue weighted by Gasteiger charge is -2.24. The molecule has 0 spiro atoms. The average Bonchev–Trinajstić information content (AvgIpc) is 3.21. The van der Waals surface area contributed by atoms with Crippen LogP contribution in [0.3, 0.4) is 0 Å². The first-order valence-corrected chi connectivity index (χ1v) is 11.9. The van der Waals surface area contributed by atoms with Crippen LogP contribution in [0, 0.1) is 0 Å². The first-order chi connectivity index (χ1) is 16.7. The highest BCUT2D eigenvalue weighted by atomic mass is 32.1. The molecule has 1 saturated heterocycles. The van der Waals surface area contributed by atoms with Crippen LogP contribution in [0.5, 0.6) is 11.5 Å². The number of hydrogen-bond acceptors (Lipinski definition) is 7. The zero-order valence-electron chi connectivity index (χ0n) is 19.7. The molecule has 2 aromatic carbocycles. The van der Waals surface area contributed by atoms with E-state index >= 15 is 0 Å². The summed E-state index contributed by atoms with van der Waals surface area (Å²) in [4.78, 5) is 9.16. The van der Waals surface area contributed by atoms with Crippen LogP contribution < -0.4 is 14.8 Å². The molecular formula is C25H31N5O3S. The van der Waals surface area contributed by atoms with Crippen LogP contribution in [-0.4, -0.2) is 72.0 Å². The Bertz CT molecular complexity index is 1080. The van der Waals surface area contributed by atoms with Crippen molar-refractivity contribution in [2.24, 2.45) is 0 Å². The molecule has 1 aliphatic rings. The molecule has 9 heteroatoms. The van der Waals surface area contributed by atoms with Crippen LogP contribution in [0.2, 0.25) is 0 Å². The van der Waals surface area contributed by atoms with E-state index in [-0.39, 0.29) is 0 Å². The van der Waals surface area contributed by atoms with Gasteiger partial charge < -0.3 is 24.2 Å². The SMILES string of the molecule is COc1ccc(OC)c(CCNC(=S)N2CCCN(Cc3noc(-c4ccccc4)n3)CC2)c1. The quantitative estimate of drug-likeness (QED) is 0.487. The minimum absolute atomic E-state index is 0.560. The van der Waals surface area contributed by atoms with Crippen molar-refractivity contribution in [3.63, 3.8) is 0 Å². The largest absolute Gasteiger partial charge is 0.497 e. The van der Waals surface area contributed by atoms with Crippen LogP contribution in [0.1, 0.15) is 17.8 Å². The maximum atomic E-state index is 5.69. The van der Waals surface area contributed by atoms with Crippen LogP contribution >= 0.6 is 12.2 Å². The lowest BCUT2D eigenvalue weighted by molar-refractivity contribution is 0.266. The molecule has 1 aromatic heterocycles. The molecule has 8 nitrogen and oxygen atoms in total. The Kier molecular flexibility index (Phi) is 8.32. The molecule has 1 N–H and O–H groups in total. The van der Waals surface area contributed by atoms with Crippen molar-refractivity contribution in [3.05, 3.63) is 59.9 Å². The number of benzene rings is 2. The molecule has 180 valence electrons. The van der Waals surface area contributed by atoms with E-state index < -0.39 is 0 Å². The maximum Gasteiger partial charge on any atom is 0.257 e. The first kappa shape index (κ1) is 24.0. The van der Waals surface area contributed by atoms with E-state index in [9.17, 15) is 0 Å². The molecule has 0 bridgehead atoms. The highest BCUT2D eigenvalue weighted by Gasteiger charge is 2.19. The Morgan fingerprint density at radius 3 is 2.71 bits per heavy atom. The van der Waals surface area contributed by atoms with Gasteiger partial charge in [0.05, 0.1) is 20.8 Å². The van der Waals surface area contributed by atoms with Gasteiger partial charge in [0, 0.05) is 38.3 Å². The fourth-order valence-corrected chi connectivity index (χ4v) is 4.33. The summed E-state index contributed by atoms with van der Waals surface area (Å²) in [7, 11) is 3.35. The Morgan fingerprint density at radius 1 is 1.06 bits per heavy atom. The number of rotatable bonds is 8. The van der Waals surface area contributed by atoms with Crippen molar-refractivity contribution in [3.8, 4) is 23.0 Å². The van der Waals surface area contributed by atoms with E-state index in [0.717, 1.165) is 73.3 Å². The van der Waals surface area contributed by atoms with Gasteiger partial charge in [0.1, 0.15) is 11.5 Å². The number of hydrogen-bond donors (Lipinski definition) is 1. The Labute approximate surface area is 205 Å². The van der Waals surface area contributed by atoms with Crippen molar-refractivity contribution >= 4 is 17.3 Å². The second-order valence-electron chi connectivity index (χ2n) is 8.16. The van der Waals surface area contributed by atoms with E-state index in [4.69, 9.17) is 26.2 Å². The Hall–Kier alpha value is -3.17. The van der Waals surface area contributed by atoms with Crippen molar-refractivity contribution < 1.29 is 14.0 Å². The van der Waals surface area contributed by atoms with Crippen LogP contribution in [0.15, 0.2) is 53.1 Å². The number of methoxy groups -OCH3 is 2. The predicted molar refractivity (Wildman–Crippen MR) is 135 cm³/mol. The van der Waals surface area contributed by atoms with Gasteiger partial charge in [-0.05, 0) is 61.0 Å². The third-order valence-electron chi connectivity index (χ3n) is 5.89. The smallest absolute Gasteiger partial charge is 0.257 e. The van der Waals surface area contributed by atoms with Crippen LogP contribution in [-0.2, 0) is 13.0 Å². The molecule has 4 rings (SSSR count). The second kappa shape index (κ2) is 11.8. The van der Waals surface area contributed by atoms with E-state index in [1.165, 1.54) is 0 Å². The van der Waals surface area contributed by atoms with Gasteiger partial charge in [-0.2, -0.15) is 4.98 Å². The zero-order chi connectivity index (χ0) is 23.8. The third kappa shape index (κ3) is 6.24. The van der Waals surface area contributed by atoms with Gasteiger partial charge in [0.2, 0.25) is 0 Å². The first-order valence-electron chi connectivity index (χ1n) is 11.5. The summed E-state index contributed by atoms with van der Waals surface area (Å²) in [5.74, 6) is 2.95. The normalized spacial score (nSPS) is 14.5. The van der Waals surface area contributed by atoms with Crippen LogP contribution in [0.4, 0.5) is 0 Å².